The number of nitrogens with one attached hydrogen (secondary N) is 1. The fourth-order valence-corrected chi connectivity index (χ4v) is 3.13. The molecule has 0 saturated carbocycles. The summed E-state index contributed by atoms with van der Waals surface area (Å²) >= 11 is 0. The average Bonchev–Trinajstić information content (AvgIpc) is 2.63. The van der Waals surface area contributed by atoms with Crippen LogP contribution < -0.4 is 14.8 Å². The Hall–Kier alpha value is -3.01. The Kier molecular flexibility index (Phi) is 3.80. The van der Waals surface area contributed by atoms with E-state index in [4.69, 9.17) is 9.47 Å². The molecule has 4 heteroatoms. The molecule has 0 spiro atoms. The van der Waals surface area contributed by atoms with E-state index < -0.39 is 0 Å². The van der Waals surface area contributed by atoms with Crippen LogP contribution in [0, 0.1) is 6.92 Å². The summed E-state index contributed by atoms with van der Waals surface area (Å²) in [5.74, 6) is 1.26. The van der Waals surface area contributed by atoms with Gasteiger partial charge in [-0.05, 0) is 36.1 Å². The van der Waals surface area contributed by atoms with Gasteiger partial charge < -0.3 is 14.8 Å². The second-order valence-electron chi connectivity index (χ2n) is 6.30. The van der Waals surface area contributed by atoms with E-state index in [0.29, 0.717) is 17.7 Å². The number of fused-ring (bicyclic) bond motifs is 3. The Labute approximate surface area is 146 Å². The molecule has 1 aliphatic heterocycles. The van der Waals surface area contributed by atoms with Crippen LogP contribution in [0.25, 0.3) is 10.8 Å². The number of carbonyl (C=O) groups excluding carboxylic acids is 1. The third-order valence-electron chi connectivity index (χ3n) is 4.52. The summed E-state index contributed by atoms with van der Waals surface area (Å²) in [4.78, 5) is 12.5. The molecule has 1 atom stereocenters. The fourth-order valence-electron chi connectivity index (χ4n) is 3.13. The third-order valence-corrected chi connectivity index (χ3v) is 4.52. The lowest BCUT2D eigenvalue weighted by molar-refractivity contribution is 0.0762. The van der Waals surface area contributed by atoms with E-state index in [9.17, 15) is 4.79 Å². The van der Waals surface area contributed by atoms with Crippen LogP contribution in [0.15, 0.2) is 54.6 Å². The van der Waals surface area contributed by atoms with E-state index in [1.165, 1.54) is 5.56 Å². The molecule has 1 amide bonds. The molecular formula is C21H19NO3. The molecule has 0 radical (unpaired) electrons. The first-order valence-corrected chi connectivity index (χ1v) is 8.28. The number of hydrogen-bond donors (Lipinski definition) is 1. The van der Waals surface area contributed by atoms with E-state index in [1.807, 2.05) is 30.3 Å². The third kappa shape index (κ3) is 2.91. The van der Waals surface area contributed by atoms with Crippen LogP contribution in [0.3, 0.4) is 0 Å². The molecule has 1 heterocycles. The van der Waals surface area contributed by atoms with Crippen molar-refractivity contribution in [2.75, 3.05) is 7.11 Å². The molecule has 1 N–H and O–H groups in total. The number of carbonyl (C=O) groups is 1. The second-order valence-corrected chi connectivity index (χ2v) is 6.30. The van der Waals surface area contributed by atoms with Crippen LogP contribution in [0.5, 0.6) is 11.5 Å². The number of methoxy groups -OCH3 is 1. The highest BCUT2D eigenvalue weighted by Crippen LogP contribution is 2.35. The molecule has 1 unspecified atom stereocenters. The maximum Gasteiger partial charge on any atom is 0.257 e. The van der Waals surface area contributed by atoms with Gasteiger partial charge in [0.1, 0.15) is 11.5 Å². The van der Waals surface area contributed by atoms with E-state index in [1.54, 1.807) is 7.11 Å². The van der Waals surface area contributed by atoms with Gasteiger partial charge in [0, 0.05) is 11.8 Å². The molecule has 3 aromatic rings. The van der Waals surface area contributed by atoms with Gasteiger partial charge >= 0.3 is 0 Å². The summed E-state index contributed by atoms with van der Waals surface area (Å²) in [5, 5.41) is 4.84. The maximum absolute atomic E-state index is 12.5. The van der Waals surface area contributed by atoms with Gasteiger partial charge in [0.25, 0.3) is 5.91 Å². The maximum atomic E-state index is 12.5. The van der Waals surface area contributed by atoms with Gasteiger partial charge in [0.05, 0.1) is 12.7 Å². The van der Waals surface area contributed by atoms with Crippen LogP contribution in [0.1, 0.15) is 21.5 Å². The molecule has 25 heavy (non-hydrogen) atoms. The number of aryl methyl sites for hydroxylation is 1. The lowest BCUT2D eigenvalue weighted by atomic mass is 10.0. The highest BCUT2D eigenvalue weighted by molar-refractivity contribution is 6.05. The first kappa shape index (κ1) is 15.5. The molecule has 0 aromatic heterocycles. The summed E-state index contributed by atoms with van der Waals surface area (Å²) in [6.45, 7) is 2.05. The quantitative estimate of drug-likeness (QED) is 0.792. The molecule has 0 aliphatic carbocycles. The lowest BCUT2D eigenvalue weighted by Crippen LogP contribution is -2.44. The van der Waals surface area contributed by atoms with Crippen LogP contribution in [0.4, 0.5) is 0 Å². The van der Waals surface area contributed by atoms with Crippen molar-refractivity contribution >= 4 is 16.7 Å². The van der Waals surface area contributed by atoms with Crippen molar-refractivity contribution in [3.63, 3.8) is 0 Å². The highest BCUT2D eigenvalue weighted by Gasteiger charge is 2.27. The lowest BCUT2D eigenvalue weighted by Gasteiger charge is -2.28. The van der Waals surface area contributed by atoms with Crippen LogP contribution >= 0.6 is 0 Å². The van der Waals surface area contributed by atoms with Gasteiger partial charge in [-0.1, -0.05) is 42.0 Å². The molecule has 0 bridgehead atoms. The van der Waals surface area contributed by atoms with Gasteiger partial charge in [-0.25, -0.2) is 0 Å². The number of benzene rings is 3. The topological polar surface area (TPSA) is 47.6 Å². The van der Waals surface area contributed by atoms with Crippen LogP contribution in [0.2, 0.25) is 0 Å². The van der Waals surface area contributed by atoms with Crippen molar-refractivity contribution in [2.24, 2.45) is 0 Å². The zero-order chi connectivity index (χ0) is 17.4. The molecule has 0 saturated heterocycles. The number of hydrogen-bond acceptors (Lipinski definition) is 3. The molecule has 4 nitrogen and oxygen atoms in total. The SMILES string of the molecule is COc1ccc2ccc3c(c2c1)OC(Cc1ccc(C)cc1)NC3=O. The van der Waals surface area contributed by atoms with Crippen molar-refractivity contribution in [2.45, 2.75) is 19.6 Å². The highest BCUT2D eigenvalue weighted by atomic mass is 16.5. The Morgan fingerprint density at radius 2 is 1.84 bits per heavy atom. The van der Waals surface area contributed by atoms with Crippen molar-refractivity contribution in [3.8, 4) is 11.5 Å². The van der Waals surface area contributed by atoms with Gasteiger partial charge in [-0.3, -0.25) is 4.79 Å². The summed E-state index contributed by atoms with van der Waals surface area (Å²) in [6.07, 6.45) is 0.228. The minimum absolute atomic E-state index is 0.108. The van der Waals surface area contributed by atoms with Crippen LogP contribution in [-0.4, -0.2) is 19.2 Å². The minimum atomic E-state index is -0.389. The number of amides is 1. The predicted molar refractivity (Wildman–Crippen MR) is 97.3 cm³/mol. The van der Waals surface area contributed by atoms with E-state index in [0.717, 1.165) is 22.1 Å². The standard InChI is InChI=1S/C21H19NO3/c1-13-3-5-14(6-4-13)11-19-22-21(23)17-10-8-15-7-9-16(24-2)12-18(15)20(17)25-19/h3-10,12,19H,11H2,1-2H3,(H,22,23). The molecule has 1 aliphatic rings. The smallest absolute Gasteiger partial charge is 0.257 e. The summed E-state index contributed by atoms with van der Waals surface area (Å²) < 4.78 is 11.5. The number of ether oxygens (including phenoxy) is 2. The fraction of sp³-hybridized carbons (Fsp3) is 0.190. The van der Waals surface area contributed by atoms with Crippen molar-refractivity contribution < 1.29 is 14.3 Å². The van der Waals surface area contributed by atoms with Crippen molar-refractivity contribution in [1.82, 2.24) is 5.32 Å². The summed E-state index contributed by atoms with van der Waals surface area (Å²) in [5.41, 5.74) is 2.89. The molecule has 0 fully saturated rings. The first-order valence-electron chi connectivity index (χ1n) is 8.28. The monoisotopic (exact) mass is 333 g/mol. The molecule has 4 rings (SSSR count). The Balaban J connectivity index is 1.71. The van der Waals surface area contributed by atoms with E-state index in [2.05, 4.69) is 36.5 Å². The van der Waals surface area contributed by atoms with Crippen molar-refractivity contribution in [1.29, 1.82) is 0 Å². The average molecular weight is 333 g/mol. The predicted octanol–water partition coefficient (Wildman–Crippen LogP) is 3.85. The van der Waals surface area contributed by atoms with Crippen molar-refractivity contribution in [3.05, 3.63) is 71.3 Å². The van der Waals surface area contributed by atoms with E-state index >= 15 is 0 Å². The zero-order valence-electron chi connectivity index (χ0n) is 14.2. The molecular weight excluding hydrogens is 314 g/mol. The molecule has 126 valence electrons. The van der Waals surface area contributed by atoms with Crippen LogP contribution in [-0.2, 0) is 6.42 Å². The normalized spacial score (nSPS) is 16.1. The largest absolute Gasteiger partial charge is 0.497 e. The summed E-state index contributed by atoms with van der Waals surface area (Å²) in [6, 6.07) is 17.8. The van der Waals surface area contributed by atoms with Gasteiger partial charge in [0.15, 0.2) is 6.23 Å². The zero-order valence-corrected chi connectivity index (χ0v) is 14.2. The molecule has 3 aromatic carbocycles. The summed E-state index contributed by atoms with van der Waals surface area (Å²) in [7, 11) is 1.63. The van der Waals surface area contributed by atoms with Gasteiger partial charge in [-0.15, -0.1) is 0 Å². The first-order chi connectivity index (χ1) is 12.1. The second kappa shape index (κ2) is 6.13. The Bertz CT molecular complexity index is 947. The minimum Gasteiger partial charge on any atom is -0.497 e. The Morgan fingerprint density at radius 1 is 1.08 bits per heavy atom. The van der Waals surface area contributed by atoms with E-state index in [-0.39, 0.29) is 12.1 Å². The Morgan fingerprint density at radius 3 is 2.60 bits per heavy atom. The van der Waals surface area contributed by atoms with Gasteiger partial charge in [-0.2, -0.15) is 0 Å². The van der Waals surface area contributed by atoms with Gasteiger partial charge in [0.2, 0.25) is 0 Å². The number of rotatable bonds is 3.